The number of allylic oxidation sites excluding steroid dienone is 1. The van der Waals surface area contributed by atoms with Crippen molar-refractivity contribution in [3.05, 3.63) is 11.6 Å². The van der Waals surface area contributed by atoms with Crippen molar-refractivity contribution in [3.8, 4) is 0 Å². The van der Waals surface area contributed by atoms with Crippen LogP contribution in [0.5, 0.6) is 0 Å². The second-order valence-electron chi connectivity index (χ2n) is 7.69. The molecule has 0 aromatic heterocycles. The van der Waals surface area contributed by atoms with E-state index in [0.29, 0.717) is 0 Å². The first-order valence-electron chi connectivity index (χ1n) is 9.21. The summed E-state index contributed by atoms with van der Waals surface area (Å²) in [5, 5.41) is 8.68. The Labute approximate surface area is 155 Å². The average molecular weight is 365 g/mol. The number of aliphatic carboxylic acids is 1. The Morgan fingerprint density at radius 1 is 0.870 bits per heavy atom. The summed E-state index contributed by atoms with van der Waals surface area (Å²) < 4.78 is 0. The van der Waals surface area contributed by atoms with Crippen molar-refractivity contribution in [1.82, 2.24) is 0 Å². The molecule has 23 heavy (non-hydrogen) atoms. The van der Waals surface area contributed by atoms with Gasteiger partial charge in [0.05, 0.1) is 0 Å². The third-order valence-corrected chi connectivity index (χ3v) is 4.51. The van der Waals surface area contributed by atoms with Crippen LogP contribution in [0.15, 0.2) is 11.6 Å². The maximum Gasteiger partial charge on any atom is 0.328 e. The number of rotatable bonds is 13. The zero-order valence-corrected chi connectivity index (χ0v) is 17.1. The molecular formula is C20H38MnO2. The van der Waals surface area contributed by atoms with Gasteiger partial charge < -0.3 is 5.11 Å². The number of hydrogen-bond acceptors (Lipinski definition) is 1. The van der Waals surface area contributed by atoms with Crippen LogP contribution in [0.25, 0.3) is 0 Å². The summed E-state index contributed by atoms with van der Waals surface area (Å²) in [6, 6.07) is 0. The first-order valence-corrected chi connectivity index (χ1v) is 9.21. The molecule has 1 radical (unpaired) electrons. The number of carboxylic acid groups (broad SMARTS) is 1. The first kappa shape index (κ1) is 25.0. The van der Waals surface area contributed by atoms with Crippen LogP contribution >= 0.6 is 0 Å². The molecule has 3 heteroatoms. The van der Waals surface area contributed by atoms with E-state index in [2.05, 4.69) is 27.7 Å². The van der Waals surface area contributed by atoms with E-state index in [1.54, 1.807) is 0 Å². The normalized spacial score (nSPS) is 14.4. The van der Waals surface area contributed by atoms with Crippen LogP contribution in [0.3, 0.4) is 0 Å². The van der Waals surface area contributed by atoms with Gasteiger partial charge in [0, 0.05) is 23.1 Å². The minimum atomic E-state index is -0.822. The van der Waals surface area contributed by atoms with Gasteiger partial charge in [-0.1, -0.05) is 78.2 Å². The molecule has 0 saturated carbocycles. The van der Waals surface area contributed by atoms with Crippen LogP contribution in [0.4, 0.5) is 0 Å². The molecule has 0 fully saturated rings. The van der Waals surface area contributed by atoms with Crippen LogP contribution in [0.1, 0.15) is 92.4 Å². The van der Waals surface area contributed by atoms with E-state index in [0.717, 1.165) is 36.2 Å². The minimum absolute atomic E-state index is 0. The Bertz CT molecular complexity index is 324. The van der Waals surface area contributed by atoms with Gasteiger partial charge in [0.1, 0.15) is 0 Å². The summed E-state index contributed by atoms with van der Waals surface area (Å²) in [4.78, 5) is 10.5. The van der Waals surface area contributed by atoms with Crippen molar-refractivity contribution in [2.24, 2.45) is 17.8 Å². The molecule has 137 valence electrons. The van der Waals surface area contributed by atoms with Crippen LogP contribution in [0.2, 0.25) is 0 Å². The Morgan fingerprint density at radius 3 is 1.74 bits per heavy atom. The van der Waals surface area contributed by atoms with Gasteiger partial charge in [-0.3, -0.25) is 0 Å². The molecule has 1 N–H and O–H groups in total. The number of carbonyl (C=O) groups is 1. The minimum Gasteiger partial charge on any atom is -0.478 e. The Morgan fingerprint density at radius 2 is 1.30 bits per heavy atom. The number of hydrogen-bond donors (Lipinski definition) is 1. The molecule has 0 saturated heterocycles. The molecule has 0 aliphatic rings. The number of carboxylic acids is 1. The second kappa shape index (κ2) is 15.3. The Kier molecular flexibility index (Phi) is 16.6. The summed E-state index contributed by atoms with van der Waals surface area (Å²) in [6.07, 6.45) is 12.7. The Balaban J connectivity index is 0. The molecule has 0 aromatic carbocycles. The van der Waals surface area contributed by atoms with E-state index in [1.807, 2.05) is 6.92 Å². The summed E-state index contributed by atoms with van der Waals surface area (Å²) in [6.45, 7) is 11.3. The third-order valence-electron chi connectivity index (χ3n) is 4.51. The fourth-order valence-corrected chi connectivity index (χ4v) is 2.99. The smallest absolute Gasteiger partial charge is 0.328 e. The fraction of sp³-hybridized carbons (Fsp3) is 0.850. The molecular weight excluding hydrogens is 327 g/mol. The van der Waals surface area contributed by atoms with E-state index >= 15 is 0 Å². The van der Waals surface area contributed by atoms with Crippen molar-refractivity contribution in [3.63, 3.8) is 0 Å². The molecule has 0 amide bonds. The van der Waals surface area contributed by atoms with E-state index in [-0.39, 0.29) is 17.1 Å². The van der Waals surface area contributed by atoms with Crippen molar-refractivity contribution in [2.45, 2.75) is 92.4 Å². The summed E-state index contributed by atoms with van der Waals surface area (Å²) in [5.41, 5.74) is 0.985. The molecule has 2 nitrogen and oxygen atoms in total. The predicted octanol–water partition coefficient (Wildman–Crippen LogP) is 6.45. The van der Waals surface area contributed by atoms with Gasteiger partial charge >= 0.3 is 5.97 Å². The van der Waals surface area contributed by atoms with Gasteiger partial charge in [0.15, 0.2) is 0 Å². The fourth-order valence-electron chi connectivity index (χ4n) is 2.99. The van der Waals surface area contributed by atoms with Gasteiger partial charge in [-0.15, -0.1) is 0 Å². The van der Waals surface area contributed by atoms with Crippen LogP contribution < -0.4 is 0 Å². The predicted molar refractivity (Wildman–Crippen MR) is 96.1 cm³/mol. The first-order chi connectivity index (χ1) is 10.3. The van der Waals surface area contributed by atoms with Gasteiger partial charge in [-0.2, -0.15) is 0 Å². The SMILES string of the molecule is C/C(=C\C(=O)O)CCC[C@H](C)CCC[C@H](C)CCCC(C)C.[Mn]. The summed E-state index contributed by atoms with van der Waals surface area (Å²) in [5.74, 6) is 1.65. The van der Waals surface area contributed by atoms with Gasteiger partial charge in [0.2, 0.25) is 0 Å². The molecule has 0 aliphatic carbocycles. The molecule has 0 unspecified atom stereocenters. The third kappa shape index (κ3) is 17.9. The second-order valence-corrected chi connectivity index (χ2v) is 7.69. The van der Waals surface area contributed by atoms with Gasteiger partial charge in [0.25, 0.3) is 0 Å². The van der Waals surface area contributed by atoms with Crippen molar-refractivity contribution >= 4 is 5.97 Å². The van der Waals surface area contributed by atoms with Crippen LogP contribution in [-0.4, -0.2) is 11.1 Å². The molecule has 0 aliphatic heterocycles. The van der Waals surface area contributed by atoms with Crippen molar-refractivity contribution in [1.29, 1.82) is 0 Å². The molecule has 2 atom stereocenters. The molecule has 0 aromatic rings. The van der Waals surface area contributed by atoms with E-state index in [1.165, 1.54) is 51.0 Å². The standard InChI is InChI=1S/C20H38O2.Mn/c1-16(2)9-6-10-17(3)11-7-12-18(4)13-8-14-19(5)15-20(21)22;/h15-18H,6-14H2,1-5H3,(H,21,22);/b19-15+;/t17-,18-;/m1./s1. The van der Waals surface area contributed by atoms with Crippen molar-refractivity contribution in [2.75, 3.05) is 0 Å². The van der Waals surface area contributed by atoms with Crippen LogP contribution in [-0.2, 0) is 21.9 Å². The van der Waals surface area contributed by atoms with E-state index in [9.17, 15) is 4.79 Å². The zero-order chi connectivity index (χ0) is 17.0. The maximum atomic E-state index is 10.5. The monoisotopic (exact) mass is 365 g/mol. The topological polar surface area (TPSA) is 37.3 Å². The largest absolute Gasteiger partial charge is 0.478 e. The van der Waals surface area contributed by atoms with Gasteiger partial charge in [-0.05, 0) is 37.5 Å². The summed E-state index contributed by atoms with van der Waals surface area (Å²) >= 11 is 0. The van der Waals surface area contributed by atoms with Crippen LogP contribution in [0, 0.1) is 17.8 Å². The zero-order valence-electron chi connectivity index (χ0n) is 15.9. The molecule has 0 heterocycles. The van der Waals surface area contributed by atoms with E-state index < -0.39 is 5.97 Å². The molecule has 0 bridgehead atoms. The maximum absolute atomic E-state index is 10.5. The molecule has 0 spiro atoms. The average Bonchev–Trinajstić information content (AvgIpc) is 2.37. The van der Waals surface area contributed by atoms with Gasteiger partial charge in [-0.25, -0.2) is 4.79 Å². The molecule has 0 rings (SSSR count). The summed E-state index contributed by atoms with van der Waals surface area (Å²) in [7, 11) is 0. The quantitative estimate of drug-likeness (QED) is 0.301. The van der Waals surface area contributed by atoms with E-state index in [4.69, 9.17) is 5.11 Å². The Hall–Kier alpha value is -0.271. The van der Waals surface area contributed by atoms with Crippen molar-refractivity contribution < 1.29 is 27.0 Å².